The van der Waals surface area contributed by atoms with Crippen molar-refractivity contribution in [2.75, 3.05) is 12.3 Å². The first kappa shape index (κ1) is 25.3. The van der Waals surface area contributed by atoms with Gasteiger partial charge in [-0.25, -0.2) is 0 Å². The van der Waals surface area contributed by atoms with Gasteiger partial charge in [0, 0.05) is 23.9 Å². The average Bonchev–Trinajstić information content (AvgIpc) is 2.73. The van der Waals surface area contributed by atoms with Crippen molar-refractivity contribution >= 4 is 35.2 Å². The Labute approximate surface area is 195 Å². The second-order valence-corrected chi connectivity index (χ2v) is 9.55. The molecule has 0 aliphatic rings. The fourth-order valence-electron chi connectivity index (χ4n) is 3.30. The second kappa shape index (κ2) is 12.8. The number of amides is 2. The molecule has 0 unspecified atom stereocenters. The van der Waals surface area contributed by atoms with Gasteiger partial charge in [-0.2, -0.15) is 0 Å². The van der Waals surface area contributed by atoms with Gasteiger partial charge in [-0.3, -0.25) is 9.59 Å². The van der Waals surface area contributed by atoms with E-state index in [0.717, 1.165) is 16.7 Å². The summed E-state index contributed by atoms with van der Waals surface area (Å²) in [6, 6.07) is 15.3. The molecule has 0 aliphatic carbocycles. The topological polar surface area (TPSA) is 49.4 Å². The summed E-state index contributed by atoms with van der Waals surface area (Å²) < 4.78 is 0. The maximum Gasteiger partial charge on any atom is 0.242 e. The third-order valence-electron chi connectivity index (χ3n) is 4.95. The molecule has 2 aromatic rings. The summed E-state index contributed by atoms with van der Waals surface area (Å²) in [5, 5.41) is 3.70. The minimum absolute atomic E-state index is 0.0369. The summed E-state index contributed by atoms with van der Waals surface area (Å²) in [5.41, 5.74) is 3.17. The summed E-state index contributed by atoms with van der Waals surface area (Å²) in [4.78, 5) is 27.9. The predicted octanol–water partition coefficient (Wildman–Crippen LogP) is 5.46. The van der Waals surface area contributed by atoms with Crippen LogP contribution in [0.1, 0.15) is 43.9 Å². The fourth-order valence-corrected chi connectivity index (χ4v) is 4.49. The molecule has 2 aromatic carbocycles. The van der Waals surface area contributed by atoms with Gasteiger partial charge in [0.2, 0.25) is 11.8 Å². The van der Waals surface area contributed by atoms with E-state index < -0.39 is 6.04 Å². The smallest absolute Gasteiger partial charge is 0.242 e. The maximum atomic E-state index is 13.2. The first-order chi connectivity index (χ1) is 14.8. The highest BCUT2D eigenvalue weighted by Gasteiger charge is 2.28. The van der Waals surface area contributed by atoms with Crippen molar-refractivity contribution in [1.29, 1.82) is 0 Å². The second-order valence-electron chi connectivity index (χ2n) is 8.16. The van der Waals surface area contributed by atoms with E-state index in [4.69, 9.17) is 11.6 Å². The molecular weight excluding hydrogens is 428 g/mol. The molecule has 2 amide bonds. The zero-order chi connectivity index (χ0) is 22.8. The van der Waals surface area contributed by atoms with E-state index in [1.54, 1.807) is 4.90 Å². The first-order valence-corrected chi connectivity index (χ1v) is 12.3. The molecule has 0 radical (unpaired) electrons. The minimum atomic E-state index is -0.493. The lowest BCUT2D eigenvalue weighted by molar-refractivity contribution is -0.139. The summed E-state index contributed by atoms with van der Waals surface area (Å²) in [6.07, 6.45) is 0.566. The molecule has 0 spiro atoms. The van der Waals surface area contributed by atoms with Gasteiger partial charge < -0.3 is 10.2 Å². The van der Waals surface area contributed by atoms with Gasteiger partial charge in [-0.15, -0.1) is 11.8 Å². The molecule has 4 nitrogen and oxygen atoms in total. The number of aryl methyl sites for hydroxylation is 1. The Hall–Kier alpha value is -1.98. The number of carbonyl (C=O) groups excluding carboxylic acids is 2. The SMILES string of the molecule is CC[C@H](C(=O)NCC(C)C)N(Cc1cccc(C)c1)C(=O)CSCc1ccccc1Cl. The molecule has 0 saturated heterocycles. The normalized spacial score (nSPS) is 11.9. The van der Waals surface area contributed by atoms with Crippen LogP contribution in [-0.4, -0.2) is 35.1 Å². The van der Waals surface area contributed by atoms with Crippen LogP contribution in [0.4, 0.5) is 0 Å². The minimum Gasteiger partial charge on any atom is -0.354 e. The number of halogens is 1. The van der Waals surface area contributed by atoms with Crippen LogP contribution in [0.15, 0.2) is 48.5 Å². The van der Waals surface area contributed by atoms with Crippen LogP contribution < -0.4 is 5.32 Å². The van der Waals surface area contributed by atoms with Crippen LogP contribution in [0.2, 0.25) is 5.02 Å². The average molecular weight is 461 g/mol. The van der Waals surface area contributed by atoms with Gasteiger partial charge in [0.05, 0.1) is 5.75 Å². The Balaban J connectivity index is 2.13. The summed E-state index contributed by atoms with van der Waals surface area (Å²) in [5.74, 6) is 1.18. The molecule has 1 N–H and O–H groups in total. The zero-order valence-corrected chi connectivity index (χ0v) is 20.4. The van der Waals surface area contributed by atoms with Crippen molar-refractivity contribution in [3.63, 3.8) is 0 Å². The lowest BCUT2D eigenvalue weighted by Gasteiger charge is -2.31. The van der Waals surface area contributed by atoms with Gasteiger partial charge in [0.1, 0.15) is 6.04 Å². The Bertz CT molecular complexity index is 872. The largest absolute Gasteiger partial charge is 0.354 e. The van der Waals surface area contributed by atoms with E-state index in [2.05, 4.69) is 25.2 Å². The van der Waals surface area contributed by atoms with E-state index >= 15 is 0 Å². The van der Waals surface area contributed by atoms with Crippen LogP contribution in [-0.2, 0) is 21.9 Å². The summed E-state index contributed by atoms with van der Waals surface area (Å²) in [7, 11) is 0. The monoisotopic (exact) mass is 460 g/mol. The number of hydrogen-bond donors (Lipinski definition) is 1. The van der Waals surface area contributed by atoms with Crippen LogP contribution in [0.3, 0.4) is 0 Å². The molecule has 2 rings (SSSR count). The fraction of sp³-hybridized carbons (Fsp3) is 0.440. The molecule has 0 aliphatic heterocycles. The maximum absolute atomic E-state index is 13.2. The number of carbonyl (C=O) groups is 2. The number of nitrogens with zero attached hydrogens (tertiary/aromatic N) is 1. The summed E-state index contributed by atoms with van der Waals surface area (Å²) in [6.45, 7) is 9.11. The van der Waals surface area contributed by atoms with Crippen LogP contribution >= 0.6 is 23.4 Å². The van der Waals surface area contributed by atoms with E-state index in [1.807, 2.05) is 56.3 Å². The molecule has 0 saturated carbocycles. The Morgan fingerprint density at radius 1 is 1.13 bits per heavy atom. The van der Waals surface area contributed by atoms with Crippen LogP contribution in [0.25, 0.3) is 0 Å². The Kier molecular flexibility index (Phi) is 10.4. The molecule has 0 bridgehead atoms. The highest BCUT2D eigenvalue weighted by Crippen LogP contribution is 2.22. The number of rotatable bonds is 11. The van der Waals surface area contributed by atoms with Crippen LogP contribution in [0.5, 0.6) is 0 Å². The van der Waals surface area contributed by atoms with Crippen molar-refractivity contribution in [1.82, 2.24) is 10.2 Å². The quantitative estimate of drug-likeness (QED) is 0.484. The third-order valence-corrected chi connectivity index (χ3v) is 6.28. The molecule has 31 heavy (non-hydrogen) atoms. The van der Waals surface area contributed by atoms with Gasteiger partial charge in [-0.1, -0.05) is 80.4 Å². The van der Waals surface area contributed by atoms with Crippen molar-refractivity contribution < 1.29 is 9.59 Å². The van der Waals surface area contributed by atoms with Crippen molar-refractivity contribution in [3.8, 4) is 0 Å². The van der Waals surface area contributed by atoms with Crippen molar-refractivity contribution in [3.05, 3.63) is 70.2 Å². The summed E-state index contributed by atoms with van der Waals surface area (Å²) >= 11 is 7.76. The molecular formula is C25H33ClN2O2S. The van der Waals surface area contributed by atoms with Crippen molar-refractivity contribution in [2.45, 2.75) is 52.5 Å². The number of thioether (sulfide) groups is 1. The van der Waals surface area contributed by atoms with Crippen LogP contribution in [0, 0.1) is 12.8 Å². The Morgan fingerprint density at radius 3 is 2.52 bits per heavy atom. The molecule has 0 aromatic heterocycles. The standard InChI is InChI=1S/C25H33ClN2O2S/c1-5-23(25(30)27-14-18(2)3)28(15-20-10-8-9-19(4)13-20)24(29)17-31-16-21-11-6-7-12-22(21)26/h6-13,18,23H,5,14-17H2,1-4H3,(H,27,30)/t23-/m1/s1. The third kappa shape index (κ3) is 8.23. The number of hydrogen-bond acceptors (Lipinski definition) is 3. The molecule has 1 atom stereocenters. The number of nitrogens with one attached hydrogen (secondary N) is 1. The lowest BCUT2D eigenvalue weighted by atomic mass is 10.1. The molecule has 0 heterocycles. The highest BCUT2D eigenvalue weighted by atomic mass is 35.5. The van der Waals surface area contributed by atoms with Gasteiger partial charge in [-0.05, 0) is 36.5 Å². The van der Waals surface area contributed by atoms with E-state index in [1.165, 1.54) is 11.8 Å². The van der Waals surface area contributed by atoms with Gasteiger partial charge in [0.15, 0.2) is 0 Å². The zero-order valence-electron chi connectivity index (χ0n) is 18.9. The molecule has 6 heteroatoms. The van der Waals surface area contributed by atoms with E-state index in [0.29, 0.717) is 42.0 Å². The lowest BCUT2D eigenvalue weighted by Crippen LogP contribution is -2.50. The first-order valence-electron chi connectivity index (χ1n) is 10.8. The Morgan fingerprint density at radius 2 is 1.87 bits per heavy atom. The highest BCUT2D eigenvalue weighted by molar-refractivity contribution is 7.99. The van der Waals surface area contributed by atoms with Gasteiger partial charge >= 0.3 is 0 Å². The molecule has 0 fully saturated rings. The predicted molar refractivity (Wildman–Crippen MR) is 131 cm³/mol. The molecule has 168 valence electrons. The van der Waals surface area contributed by atoms with Crippen molar-refractivity contribution in [2.24, 2.45) is 5.92 Å². The number of benzene rings is 2. The van der Waals surface area contributed by atoms with E-state index in [9.17, 15) is 9.59 Å². The van der Waals surface area contributed by atoms with Gasteiger partial charge in [0.25, 0.3) is 0 Å². The van der Waals surface area contributed by atoms with E-state index in [-0.39, 0.29) is 11.8 Å².